The topological polar surface area (TPSA) is 56.6 Å². The van der Waals surface area contributed by atoms with Gasteiger partial charge >= 0.3 is 5.97 Å². The van der Waals surface area contributed by atoms with Gasteiger partial charge in [-0.25, -0.2) is 4.79 Å². The number of ether oxygens (including phenoxy) is 1. The molecule has 3 fully saturated rings. The number of esters is 1. The van der Waals surface area contributed by atoms with Gasteiger partial charge in [0, 0.05) is 31.2 Å². The zero-order chi connectivity index (χ0) is 24.3. The van der Waals surface area contributed by atoms with Gasteiger partial charge in [0.05, 0.1) is 24.2 Å². The first-order valence-electron chi connectivity index (χ1n) is 13.3. The summed E-state index contributed by atoms with van der Waals surface area (Å²) in [6.45, 7) is 5.45. The predicted octanol–water partition coefficient (Wildman–Crippen LogP) is 5.27. The molecule has 2 aliphatic heterocycles. The van der Waals surface area contributed by atoms with Crippen LogP contribution in [0.2, 0.25) is 0 Å². The number of piperidine rings is 1. The highest BCUT2D eigenvalue weighted by Crippen LogP contribution is 2.50. The molecule has 0 aromatic heterocycles. The number of nitrogens with zero attached hydrogens (tertiary/aromatic N) is 3. The number of likely N-dealkylation sites (tertiary alicyclic amines) is 1. The lowest BCUT2D eigenvalue weighted by atomic mass is 9.60. The summed E-state index contributed by atoms with van der Waals surface area (Å²) in [4.78, 5) is 16.7. The van der Waals surface area contributed by atoms with E-state index < -0.39 is 0 Å². The molecule has 1 unspecified atom stereocenters. The highest BCUT2D eigenvalue weighted by Gasteiger charge is 2.48. The van der Waals surface area contributed by atoms with Crippen molar-refractivity contribution in [3.63, 3.8) is 0 Å². The fourth-order valence-corrected chi connectivity index (χ4v) is 6.91. The van der Waals surface area contributed by atoms with Gasteiger partial charge < -0.3 is 14.5 Å². The molecule has 184 valence electrons. The van der Waals surface area contributed by atoms with Crippen LogP contribution in [0.5, 0.6) is 0 Å². The van der Waals surface area contributed by atoms with E-state index in [2.05, 4.69) is 46.2 Å². The fraction of sp³-hybridized carbons (Fsp3) is 0.533. The molecule has 3 aliphatic rings. The van der Waals surface area contributed by atoms with Crippen molar-refractivity contribution < 1.29 is 9.53 Å². The Balaban J connectivity index is 1.16. The van der Waals surface area contributed by atoms with Gasteiger partial charge in [-0.1, -0.05) is 43.2 Å². The first-order chi connectivity index (χ1) is 17.1. The second-order valence-corrected chi connectivity index (χ2v) is 10.7. The van der Waals surface area contributed by atoms with Crippen LogP contribution in [-0.4, -0.2) is 50.7 Å². The molecule has 2 heterocycles. The number of anilines is 1. The third kappa shape index (κ3) is 4.69. The summed E-state index contributed by atoms with van der Waals surface area (Å²) < 4.78 is 4.79. The minimum absolute atomic E-state index is 0.290. The quantitative estimate of drug-likeness (QED) is 0.515. The predicted molar refractivity (Wildman–Crippen MR) is 138 cm³/mol. The van der Waals surface area contributed by atoms with Crippen molar-refractivity contribution >= 4 is 11.7 Å². The third-order valence-electron chi connectivity index (χ3n) is 8.79. The molecule has 2 saturated heterocycles. The molecular weight excluding hydrogens is 434 g/mol. The smallest absolute Gasteiger partial charge is 0.337 e. The van der Waals surface area contributed by atoms with Gasteiger partial charge in [-0.3, -0.25) is 0 Å². The second-order valence-electron chi connectivity index (χ2n) is 10.7. The van der Waals surface area contributed by atoms with E-state index in [1.165, 1.54) is 44.0 Å². The molecule has 35 heavy (non-hydrogen) atoms. The lowest BCUT2D eigenvalue weighted by Gasteiger charge is -2.47. The fourth-order valence-electron chi connectivity index (χ4n) is 6.91. The number of rotatable bonds is 7. The maximum Gasteiger partial charge on any atom is 0.337 e. The lowest BCUT2D eigenvalue weighted by Crippen LogP contribution is -2.53. The average molecular weight is 472 g/mol. The van der Waals surface area contributed by atoms with E-state index in [-0.39, 0.29) is 11.4 Å². The highest BCUT2D eigenvalue weighted by molar-refractivity contribution is 5.89. The van der Waals surface area contributed by atoms with Crippen LogP contribution in [0, 0.1) is 29.1 Å². The minimum Gasteiger partial charge on any atom is -0.465 e. The number of carbonyl (C=O) groups excluding carboxylic acids is 1. The number of methoxy groups -OCH3 is 1. The maximum absolute atomic E-state index is 11.7. The first kappa shape index (κ1) is 23.9. The van der Waals surface area contributed by atoms with Gasteiger partial charge in [-0.2, -0.15) is 5.26 Å². The monoisotopic (exact) mass is 471 g/mol. The summed E-state index contributed by atoms with van der Waals surface area (Å²) in [6, 6.07) is 21.3. The number of benzene rings is 2. The van der Waals surface area contributed by atoms with E-state index in [9.17, 15) is 10.1 Å². The zero-order valence-corrected chi connectivity index (χ0v) is 20.9. The summed E-state index contributed by atoms with van der Waals surface area (Å²) >= 11 is 0. The van der Waals surface area contributed by atoms with Crippen molar-refractivity contribution in [1.82, 2.24) is 4.90 Å². The van der Waals surface area contributed by atoms with E-state index in [0.717, 1.165) is 45.6 Å². The van der Waals surface area contributed by atoms with Gasteiger partial charge in [-0.15, -0.1) is 0 Å². The van der Waals surface area contributed by atoms with E-state index in [4.69, 9.17) is 4.74 Å². The van der Waals surface area contributed by atoms with Crippen LogP contribution in [0.25, 0.3) is 0 Å². The molecule has 5 heteroatoms. The summed E-state index contributed by atoms with van der Waals surface area (Å²) in [7, 11) is 1.41. The Morgan fingerprint density at radius 2 is 1.60 bits per heavy atom. The van der Waals surface area contributed by atoms with Crippen molar-refractivity contribution in [3.05, 3.63) is 65.7 Å². The van der Waals surface area contributed by atoms with E-state index in [1.807, 2.05) is 24.3 Å². The Bertz CT molecular complexity index is 1030. The largest absolute Gasteiger partial charge is 0.465 e. The van der Waals surface area contributed by atoms with Gasteiger partial charge in [0.1, 0.15) is 0 Å². The Hall–Kier alpha value is -2.84. The normalized spacial score (nSPS) is 21.8. The van der Waals surface area contributed by atoms with Gasteiger partial charge in [0.2, 0.25) is 0 Å². The van der Waals surface area contributed by atoms with Crippen LogP contribution in [0.15, 0.2) is 54.6 Å². The molecule has 1 atom stereocenters. The van der Waals surface area contributed by atoms with Crippen LogP contribution in [0.1, 0.15) is 54.4 Å². The Morgan fingerprint density at radius 3 is 2.20 bits per heavy atom. The van der Waals surface area contributed by atoms with Crippen molar-refractivity contribution in [2.75, 3.05) is 44.7 Å². The zero-order valence-electron chi connectivity index (χ0n) is 20.9. The Morgan fingerprint density at radius 1 is 0.971 bits per heavy atom. The maximum atomic E-state index is 11.7. The van der Waals surface area contributed by atoms with Crippen molar-refractivity contribution in [2.45, 2.75) is 43.9 Å². The van der Waals surface area contributed by atoms with Gasteiger partial charge in [0.15, 0.2) is 0 Å². The van der Waals surface area contributed by atoms with Crippen molar-refractivity contribution in [3.8, 4) is 6.07 Å². The van der Waals surface area contributed by atoms with Crippen molar-refractivity contribution in [2.24, 2.45) is 17.8 Å². The average Bonchev–Trinajstić information content (AvgIpc) is 3.43. The third-order valence-corrected chi connectivity index (χ3v) is 8.79. The van der Waals surface area contributed by atoms with Crippen LogP contribution in [0.4, 0.5) is 5.69 Å². The molecule has 2 aromatic rings. The van der Waals surface area contributed by atoms with Crippen LogP contribution >= 0.6 is 0 Å². The minimum atomic E-state index is -0.326. The molecule has 2 aromatic carbocycles. The van der Waals surface area contributed by atoms with E-state index in [1.54, 1.807) is 0 Å². The number of hydrogen-bond donors (Lipinski definition) is 0. The number of nitriles is 1. The molecule has 0 spiro atoms. The van der Waals surface area contributed by atoms with Crippen LogP contribution in [0.3, 0.4) is 0 Å². The molecule has 1 saturated carbocycles. The lowest BCUT2D eigenvalue weighted by molar-refractivity contribution is 0.0600. The van der Waals surface area contributed by atoms with Gasteiger partial charge in [0.25, 0.3) is 0 Å². The SMILES string of the molecule is COC(=O)c1ccc(N2CC(CN3CCC(C(C#N)(c4ccccc4)C4CCCC4)CC3)C2)cc1. The van der Waals surface area contributed by atoms with E-state index >= 15 is 0 Å². The highest BCUT2D eigenvalue weighted by atomic mass is 16.5. The summed E-state index contributed by atoms with van der Waals surface area (Å²) in [5.41, 5.74) is 2.69. The van der Waals surface area contributed by atoms with Crippen LogP contribution < -0.4 is 4.90 Å². The van der Waals surface area contributed by atoms with Crippen LogP contribution in [-0.2, 0) is 10.2 Å². The Kier molecular flexibility index (Phi) is 7.11. The summed E-state index contributed by atoms with van der Waals surface area (Å²) in [5.74, 6) is 1.33. The summed E-state index contributed by atoms with van der Waals surface area (Å²) in [6.07, 6.45) is 7.16. The first-order valence-corrected chi connectivity index (χ1v) is 13.3. The van der Waals surface area contributed by atoms with Gasteiger partial charge in [-0.05, 0) is 80.4 Å². The molecule has 0 radical (unpaired) electrons. The molecule has 5 rings (SSSR count). The standard InChI is InChI=1S/C30H37N3O2/c1-35-29(34)24-11-13-28(14-12-24)33-20-23(21-33)19-32-17-15-27(16-18-32)30(22-31,26-9-5-6-10-26)25-7-3-2-4-8-25/h2-4,7-8,11-14,23,26-27H,5-6,9-10,15-21H2,1H3. The second kappa shape index (κ2) is 10.4. The molecule has 0 amide bonds. The molecule has 1 aliphatic carbocycles. The Labute approximate surface area is 209 Å². The molecule has 0 N–H and O–H groups in total. The molecule has 5 nitrogen and oxygen atoms in total. The number of hydrogen-bond acceptors (Lipinski definition) is 5. The number of carbonyl (C=O) groups is 1. The van der Waals surface area contributed by atoms with Crippen molar-refractivity contribution in [1.29, 1.82) is 5.26 Å². The van der Waals surface area contributed by atoms with E-state index in [0.29, 0.717) is 23.3 Å². The molecular formula is C30H37N3O2. The summed E-state index contributed by atoms with van der Waals surface area (Å²) in [5, 5.41) is 10.6. The molecule has 0 bridgehead atoms.